The van der Waals surface area contributed by atoms with Crippen LogP contribution < -0.4 is 4.90 Å². The number of carbonyl (C=O) groups excluding carboxylic acids is 2. The van der Waals surface area contributed by atoms with Gasteiger partial charge in [-0.25, -0.2) is 0 Å². The number of nitrogens with zero attached hydrogens (tertiary/aromatic N) is 2. The van der Waals surface area contributed by atoms with Crippen LogP contribution in [0, 0.1) is 0 Å². The lowest BCUT2D eigenvalue weighted by atomic mass is 9.89. The molecule has 0 radical (unpaired) electrons. The minimum atomic E-state index is 0.0541. The topological polar surface area (TPSA) is 60.9 Å². The number of benzene rings is 2. The normalized spacial score (nSPS) is 18.1. The SMILES string of the molecule is O=C(c1ccc(N2CCCC2=O)cc1)N1CCC(c2ccc(O)cc2)CC1. The fourth-order valence-corrected chi connectivity index (χ4v) is 4.05. The Bertz CT molecular complexity index is 822. The van der Waals surface area contributed by atoms with Crippen molar-refractivity contribution in [2.75, 3.05) is 24.5 Å². The molecule has 0 aromatic heterocycles. The molecule has 2 fully saturated rings. The van der Waals surface area contributed by atoms with Crippen LogP contribution in [0.4, 0.5) is 5.69 Å². The summed E-state index contributed by atoms with van der Waals surface area (Å²) in [6.45, 7) is 2.23. The molecule has 0 spiro atoms. The van der Waals surface area contributed by atoms with Crippen LogP contribution in [0.3, 0.4) is 0 Å². The van der Waals surface area contributed by atoms with Gasteiger partial charge in [0.2, 0.25) is 5.91 Å². The van der Waals surface area contributed by atoms with Crippen LogP contribution in [0.1, 0.15) is 47.5 Å². The maximum atomic E-state index is 12.8. The minimum Gasteiger partial charge on any atom is -0.508 e. The molecule has 2 aromatic rings. The molecular formula is C22H24N2O3. The van der Waals surface area contributed by atoms with Crippen molar-refractivity contribution < 1.29 is 14.7 Å². The number of anilines is 1. The summed E-state index contributed by atoms with van der Waals surface area (Å²) >= 11 is 0. The minimum absolute atomic E-state index is 0.0541. The van der Waals surface area contributed by atoms with E-state index >= 15 is 0 Å². The summed E-state index contributed by atoms with van der Waals surface area (Å²) in [5.41, 5.74) is 2.77. The molecule has 0 atom stereocenters. The molecule has 2 saturated heterocycles. The zero-order valence-electron chi connectivity index (χ0n) is 15.3. The lowest BCUT2D eigenvalue weighted by molar-refractivity contribution is -0.117. The van der Waals surface area contributed by atoms with E-state index in [9.17, 15) is 14.7 Å². The molecule has 2 amide bonds. The third-order valence-corrected chi connectivity index (χ3v) is 5.65. The summed E-state index contributed by atoms with van der Waals surface area (Å²) in [5.74, 6) is 0.924. The van der Waals surface area contributed by atoms with Crippen molar-refractivity contribution in [3.05, 3.63) is 59.7 Å². The van der Waals surface area contributed by atoms with Crippen LogP contribution in [0.5, 0.6) is 5.75 Å². The number of carbonyl (C=O) groups is 2. The number of hydrogen-bond acceptors (Lipinski definition) is 3. The van der Waals surface area contributed by atoms with Gasteiger partial charge in [0.1, 0.15) is 5.75 Å². The van der Waals surface area contributed by atoms with Crippen molar-refractivity contribution in [1.82, 2.24) is 4.90 Å². The van der Waals surface area contributed by atoms with E-state index in [1.54, 1.807) is 17.0 Å². The van der Waals surface area contributed by atoms with Gasteiger partial charge in [0.05, 0.1) is 0 Å². The number of amides is 2. The van der Waals surface area contributed by atoms with E-state index in [0.717, 1.165) is 44.6 Å². The van der Waals surface area contributed by atoms with E-state index in [1.165, 1.54) is 5.56 Å². The first kappa shape index (κ1) is 17.6. The fourth-order valence-electron chi connectivity index (χ4n) is 4.05. The van der Waals surface area contributed by atoms with Crippen LogP contribution in [0.25, 0.3) is 0 Å². The molecule has 1 N–H and O–H groups in total. The highest BCUT2D eigenvalue weighted by Crippen LogP contribution is 2.30. The van der Waals surface area contributed by atoms with Crippen molar-refractivity contribution in [3.63, 3.8) is 0 Å². The van der Waals surface area contributed by atoms with Crippen molar-refractivity contribution >= 4 is 17.5 Å². The van der Waals surface area contributed by atoms with Gasteiger partial charge in [-0.05, 0) is 67.1 Å². The third-order valence-electron chi connectivity index (χ3n) is 5.65. The van der Waals surface area contributed by atoms with E-state index in [-0.39, 0.29) is 17.6 Å². The van der Waals surface area contributed by atoms with Gasteiger partial charge < -0.3 is 14.9 Å². The van der Waals surface area contributed by atoms with Crippen LogP contribution in [-0.4, -0.2) is 41.5 Å². The van der Waals surface area contributed by atoms with Gasteiger partial charge in [0.25, 0.3) is 5.91 Å². The molecule has 4 rings (SSSR count). The third kappa shape index (κ3) is 3.68. The molecule has 2 aliphatic rings. The molecular weight excluding hydrogens is 340 g/mol. The Morgan fingerprint density at radius 2 is 1.59 bits per heavy atom. The van der Waals surface area contributed by atoms with Crippen molar-refractivity contribution in [2.24, 2.45) is 0 Å². The molecule has 2 aliphatic heterocycles. The smallest absolute Gasteiger partial charge is 0.253 e. The van der Waals surface area contributed by atoms with E-state index in [4.69, 9.17) is 0 Å². The zero-order chi connectivity index (χ0) is 18.8. The lowest BCUT2D eigenvalue weighted by Crippen LogP contribution is -2.37. The van der Waals surface area contributed by atoms with Crippen LogP contribution in [0.15, 0.2) is 48.5 Å². The monoisotopic (exact) mass is 364 g/mol. The standard InChI is InChI=1S/C22H24N2O3/c25-20-9-5-16(6-10-20)17-11-14-23(15-12-17)22(27)18-3-7-19(8-4-18)24-13-1-2-21(24)26/h3-10,17,25H,1-2,11-15H2. The highest BCUT2D eigenvalue weighted by Gasteiger charge is 2.25. The maximum absolute atomic E-state index is 12.8. The van der Waals surface area contributed by atoms with Gasteiger partial charge in [-0.15, -0.1) is 0 Å². The predicted molar refractivity (Wildman–Crippen MR) is 104 cm³/mol. The van der Waals surface area contributed by atoms with Crippen molar-refractivity contribution in [1.29, 1.82) is 0 Å². The number of rotatable bonds is 3. The number of phenolic OH excluding ortho intramolecular Hbond substituents is 1. The van der Waals surface area contributed by atoms with Crippen LogP contribution in [0.2, 0.25) is 0 Å². The summed E-state index contributed by atoms with van der Waals surface area (Å²) in [6, 6.07) is 14.8. The Labute approximate surface area is 159 Å². The Kier molecular flexibility index (Phi) is 4.84. The van der Waals surface area contributed by atoms with Gasteiger partial charge >= 0.3 is 0 Å². The Morgan fingerprint density at radius 3 is 2.19 bits per heavy atom. The quantitative estimate of drug-likeness (QED) is 0.906. The molecule has 5 nitrogen and oxygen atoms in total. The number of phenols is 1. The second kappa shape index (κ2) is 7.43. The summed E-state index contributed by atoms with van der Waals surface area (Å²) in [6.07, 6.45) is 3.36. The molecule has 0 saturated carbocycles. The summed E-state index contributed by atoms with van der Waals surface area (Å²) < 4.78 is 0. The van der Waals surface area contributed by atoms with Gasteiger partial charge in [-0.1, -0.05) is 12.1 Å². The highest BCUT2D eigenvalue weighted by molar-refractivity contribution is 5.97. The molecule has 0 aliphatic carbocycles. The van der Waals surface area contributed by atoms with Crippen molar-refractivity contribution in [3.8, 4) is 5.75 Å². The Hall–Kier alpha value is -2.82. The second-order valence-electron chi connectivity index (χ2n) is 7.35. The van der Waals surface area contributed by atoms with Crippen LogP contribution >= 0.6 is 0 Å². The van der Waals surface area contributed by atoms with E-state index in [2.05, 4.69) is 0 Å². The molecule has 0 bridgehead atoms. The average Bonchev–Trinajstić information content (AvgIpc) is 3.14. The van der Waals surface area contributed by atoms with Gasteiger partial charge in [-0.3, -0.25) is 9.59 Å². The average molecular weight is 364 g/mol. The number of hydrogen-bond donors (Lipinski definition) is 1. The first-order valence-corrected chi connectivity index (χ1v) is 9.60. The van der Waals surface area contributed by atoms with E-state index in [1.807, 2.05) is 41.3 Å². The van der Waals surface area contributed by atoms with Gasteiger partial charge in [0, 0.05) is 37.3 Å². The van der Waals surface area contributed by atoms with Crippen molar-refractivity contribution in [2.45, 2.75) is 31.6 Å². The Morgan fingerprint density at radius 1 is 0.926 bits per heavy atom. The number of aromatic hydroxyl groups is 1. The van der Waals surface area contributed by atoms with E-state index < -0.39 is 0 Å². The first-order chi connectivity index (χ1) is 13.1. The fraction of sp³-hybridized carbons (Fsp3) is 0.364. The maximum Gasteiger partial charge on any atom is 0.253 e. The largest absolute Gasteiger partial charge is 0.508 e. The highest BCUT2D eigenvalue weighted by atomic mass is 16.3. The van der Waals surface area contributed by atoms with Gasteiger partial charge in [-0.2, -0.15) is 0 Å². The molecule has 2 aromatic carbocycles. The molecule has 140 valence electrons. The molecule has 5 heteroatoms. The summed E-state index contributed by atoms with van der Waals surface area (Å²) in [7, 11) is 0. The Balaban J connectivity index is 1.37. The second-order valence-corrected chi connectivity index (χ2v) is 7.35. The van der Waals surface area contributed by atoms with E-state index in [0.29, 0.717) is 17.9 Å². The summed E-state index contributed by atoms with van der Waals surface area (Å²) in [5, 5.41) is 9.42. The number of likely N-dealkylation sites (tertiary alicyclic amines) is 1. The predicted octanol–water partition coefficient (Wildman–Crippen LogP) is 3.54. The van der Waals surface area contributed by atoms with Crippen LogP contribution in [-0.2, 0) is 4.79 Å². The molecule has 0 unspecified atom stereocenters. The zero-order valence-corrected chi connectivity index (χ0v) is 15.3. The first-order valence-electron chi connectivity index (χ1n) is 9.60. The lowest BCUT2D eigenvalue weighted by Gasteiger charge is -2.32. The summed E-state index contributed by atoms with van der Waals surface area (Å²) in [4.78, 5) is 28.3. The molecule has 2 heterocycles. The van der Waals surface area contributed by atoms with Gasteiger partial charge in [0.15, 0.2) is 0 Å². The number of piperidine rings is 1. The molecule has 27 heavy (non-hydrogen) atoms.